The fourth-order valence-corrected chi connectivity index (χ4v) is 3.60. The molecule has 0 radical (unpaired) electrons. The van der Waals surface area contributed by atoms with Gasteiger partial charge >= 0.3 is 12.4 Å². The zero-order chi connectivity index (χ0) is 23.3. The standard InChI is InChI=1S/C21H13ClF6N2O2/c22-15-3-1-11(2-4-15)18-16-10-30(6-5-17(16)29-32-18)19(31)12-7-13(20(23,24)25)9-14(8-12)21(26,27)28/h1-4,7-9H,5-6,10H2. The molecule has 2 heterocycles. The first-order valence-corrected chi connectivity index (χ1v) is 9.63. The van der Waals surface area contributed by atoms with Crippen molar-refractivity contribution in [3.05, 3.63) is 75.4 Å². The van der Waals surface area contributed by atoms with E-state index in [4.69, 9.17) is 16.1 Å². The normalized spacial score (nSPS) is 14.4. The largest absolute Gasteiger partial charge is 0.416 e. The molecule has 0 fully saturated rings. The van der Waals surface area contributed by atoms with Crippen molar-refractivity contribution >= 4 is 17.5 Å². The molecule has 4 rings (SSSR count). The molecule has 0 N–H and O–H groups in total. The Morgan fingerprint density at radius 2 is 1.56 bits per heavy atom. The summed E-state index contributed by atoms with van der Waals surface area (Å²) in [5.41, 5.74) is -2.05. The first kappa shape index (κ1) is 22.2. The van der Waals surface area contributed by atoms with Crippen LogP contribution in [-0.2, 0) is 25.3 Å². The lowest BCUT2D eigenvalue weighted by Gasteiger charge is -2.27. The maximum atomic E-state index is 13.1. The van der Waals surface area contributed by atoms with Gasteiger partial charge in [0.15, 0.2) is 5.76 Å². The highest BCUT2D eigenvalue weighted by atomic mass is 35.5. The minimum absolute atomic E-state index is 0.0102. The Labute approximate surface area is 182 Å². The third-order valence-corrected chi connectivity index (χ3v) is 5.32. The van der Waals surface area contributed by atoms with E-state index in [1.807, 2.05) is 0 Å². The number of hydrogen-bond donors (Lipinski definition) is 0. The summed E-state index contributed by atoms with van der Waals surface area (Å²) in [5.74, 6) is -0.593. The summed E-state index contributed by atoms with van der Waals surface area (Å²) < 4.78 is 84.2. The second kappa shape index (κ2) is 7.84. The van der Waals surface area contributed by atoms with Crippen LogP contribution in [0.2, 0.25) is 5.02 Å². The summed E-state index contributed by atoms with van der Waals surface area (Å²) in [5, 5.41) is 4.46. The van der Waals surface area contributed by atoms with E-state index in [0.29, 0.717) is 39.7 Å². The van der Waals surface area contributed by atoms with E-state index in [0.717, 1.165) is 0 Å². The summed E-state index contributed by atoms with van der Waals surface area (Å²) in [4.78, 5) is 14.1. The molecule has 1 aliphatic heterocycles. The number of nitrogens with zero attached hydrogens (tertiary/aromatic N) is 2. The van der Waals surface area contributed by atoms with Gasteiger partial charge in [-0.05, 0) is 42.5 Å². The van der Waals surface area contributed by atoms with Crippen LogP contribution in [0.1, 0.15) is 32.7 Å². The summed E-state index contributed by atoms with van der Waals surface area (Å²) in [6.45, 7) is -0.0107. The third kappa shape index (κ3) is 4.32. The molecule has 2 aromatic carbocycles. The molecule has 0 aliphatic carbocycles. The number of aromatic nitrogens is 1. The van der Waals surface area contributed by atoms with Crippen molar-refractivity contribution in [3.63, 3.8) is 0 Å². The van der Waals surface area contributed by atoms with Crippen molar-refractivity contribution in [2.24, 2.45) is 0 Å². The molecule has 0 spiro atoms. The number of carbonyl (C=O) groups is 1. The maximum absolute atomic E-state index is 13.1. The van der Waals surface area contributed by atoms with Crippen molar-refractivity contribution in [2.45, 2.75) is 25.3 Å². The van der Waals surface area contributed by atoms with Gasteiger partial charge in [0.05, 0.1) is 23.4 Å². The number of hydrogen-bond acceptors (Lipinski definition) is 3. The molecule has 3 aromatic rings. The number of rotatable bonds is 2. The van der Waals surface area contributed by atoms with Crippen LogP contribution in [0.4, 0.5) is 26.3 Å². The molecular weight excluding hydrogens is 462 g/mol. The van der Waals surface area contributed by atoms with Gasteiger partial charge in [0, 0.05) is 34.7 Å². The van der Waals surface area contributed by atoms with Crippen LogP contribution in [-0.4, -0.2) is 22.5 Å². The van der Waals surface area contributed by atoms with Crippen molar-refractivity contribution in [3.8, 4) is 11.3 Å². The topological polar surface area (TPSA) is 46.3 Å². The molecule has 0 unspecified atom stereocenters. The Kier molecular flexibility index (Phi) is 5.44. The Morgan fingerprint density at radius 1 is 0.969 bits per heavy atom. The van der Waals surface area contributed by atoms with Crippen molar-refractivity contribution in [1.82, 2.24) is 10.1 Å². The van der Waals surface area contributed by atoms with Gasteiger partial charge in [0.2, 0.25) is 0 Å². The molecule has 0 atom stereocenters. The van der Waals surface area contributed by atoms with Gasteiger partial charge in [-0.3, -0.25) is 4.79 Å². The highest BCUT2D eigenvalue weighted by molar-refractivity contribution is 6.30. The second-order valence-electron chi connectivity index (χ2n) is 7.22. The average molecular weight is 475 g/mol. The molecule has 0 bridgehead atoms. The van der Waals surface area contributed by atoms with Crippen LogP contribution in [0.3, 0.4) is 0 Å². The number of fused-ring (bicyclic) bond motifs is 1. The summed E-state index contributed by atoms with van der Waals surface area (Å²) in [6, 6.07) is 7.45. The molecule has 168 valence electrons. The van der Waals surface area contributed by atoms with Crippen molar-refractivity contribution in [2.75, 3.05) is 6.54 Å². The zero-order valence-corrected chi connectivity index (χ0v) is 16.8. The summed E-state index contributed by atoms with van der Waals surface area (Å²) in [7, 11) is 0. The molecular formula is C21H13ClF6N2O2. The molecule has 1 aliphatic rings. The Hall–Kier alpha value is -3.01. The Morgan fingerprint density at radius 3 is 2.12 bits per heavy atom. The van der Waals surface area contributed by atoms with Crippen LogP contribution >= 0.6 is 11.6 Å². The van der Waals surface area contributed by atoms with Crippen LogP contribution in [0.25, 0.3) is 11.3 Å². The lowest BCUT2D eigenvalue weighted by Crippen LogP contribution is -2.36. The Balaban J connectivity index is 1.68. The van der Waals surface area contributed by atoms with E-state index in [9.17, 15) is 31.1 Å². The van der Waals surface area contributed by atoms with Crippen molar-refractivity contribution in [1.29, 1.82) is 0 Å². The lowest BCUT2D eigenvalue weighted by atomic mass is 9.99. The van der Waals surface area contributed by atoms with E-state index < -0.39 is 35.0 Å². The third-order valence-electron chi connectivity index (χ3n) is 5.07. The monoisotopic (exact) mass is 474 g/mol. The minimum Gasteiger partial charge on any atom is -0.356 e. The van der Waals surface area contributed by atoms with Crippen LogP contribution < -0.4 is 0 Å². The van der Waals surface area contributed by atoms with Gasteiger partial charge in [0.1, 0.15) is 0 Å². The quantitative estimate of drug-likeness (QED) is 0.414. The van der Waals surface area contributed by atoms with E-state index in [1.165, 1.54) is 4.90 Å². The molecule has 32 heavy (non-hydrogen) atoms. The highest BCUT2D eigenvalue weighted by Crippen LogP contribution is 2.37. The SMILES string of the molecule is O=C(c1cc(C(F)(F)F)cc(C(F)(F)F)c1)N1CCc2noc(-c3ccc(Cl)cc3)c2C1. The number of alkyl halides is 6. The first-order valence-electron chi connectivity index (χ1n) is 9.25. The molecule has 0 saturated heterocycles. The summed E-state index contributed by atoms with van der Waals surface area (Å²) in [6.07, 6.45) is -9.84. The summed E-state index contributed by atoms with van der Waals surface area (Å²) >= 11 is 5.88. The minimum atomic E-state index is -5.04. The van der Waals surface area contributed by atoms with E-state index >= 15 is 0 Å². The highest BCUT2D eigenvalue weighted by Gasteiger charge is 2.38. The van der Waals surface area contributed by atoms with Gasteiger partial charge in [-0.1, -0.05) is 16.8 Å². The van der Waals surface area contributed by atoms with Crippen molar-refractivity contribution < 1.29 is 35.7 Å². The van der Waals surface area contributed by atoms with Gasteiger partial charge in [-0.2, -0.15) is 26.3 Å². The molecule has 11 heteroatoms. The van der Waals surface area contributed by atoms with Gasteiger partial charge in [0.25, 0.3) is 5.91 Å². The fourth-order valence-electron chi connectivity index (χ4n) is 3.47. The number of benzene rings is 2. The second-order valence-corrected chi connectivity index (χ2v) is 7.65. The fraction of sp³-hybridized carbons (Fsp3) is 0.238. The van der Waals surface area contributed by atoms with Gasteiger partial charge in [-0.15, -0.1) is 0 Å². The van der Waals surface area contributed by atoms with Gasteiger partial charge in [-0.25, -0.2) is 0 Å². The Bertz CT molecular complexity index is 1140. The number of carbonyl (C=O) groups excluding carboxylic acids is 1. The van der Waals surface area contributed by atoms with Gasteiger partial charge < -0.3 is 9.42 Å². The van der Waals surface area contributed by atoms with Crippen LogP contribution in [0.5, 0.6) is 0 Å². The first-order chi connectivity index (χ1) is 14.9. The predicted octanol–water partition coefficient (Wildman–Crippen LogP) is 6.23. The van der Waals surface area contributed by atoms with Crippen LogP contribution in [0, 0.1) is 0 Å². The number of amides is 1. The van der Waals surface area contributed by atoms with Crippen LogP contribution in [0.15, 0.2) is 47.0 Å². The average Bonchev–Trinajstić information content (AvgIpc) is 3.15. The maximum Gasteiger partial charge on any atom is 0.416 e. The van der Waals surface area contributed by atoms with E-state index in [2.05, 4.69) is 5.16 Å². The van der Waals surface area contributed by atoms with E-state index in [-0.39, 0.29) is 25.6 Å². The smallest absolute Gasteiger partial charge is 0.356 e. The zero-order valence-electron chi connectivity index (χ0n) is 16.0. The lowest BCUT2D eigenvalue weighted by molar-refractivity contribution is -0.143. The molecule has 1 aromatic heterocycles. The predicted molar refractivity (Wildman–Crippen MR) is 102 cm³/mol. The molecule has 4 nitrogen and oxygen atoms in total. The van der Waals surface area contributed by atoms with E-state index in [1.54, 1.807) is 24.3 Å². The molecule has 1 amide bonds. The molecule has 0 saturated carbocycles. The number of halogens is 7.